The van der Waals surface area contributed by atoms with E-state index in [0.29, 0.717) is 5.71 Å². The van der Waals surface area contributed by atoms with Gasteiger partial charge < -0.3 is 5.41 Å². The molecule has 1 nitrogen and oxygen atoms in total. The summed E-state index contributed by atoms with van der Waals surface area (Å²) < 4.78 is 0. The van der Waals surface area contributed by atoms with E-state index in [9.17, 15) is 0 Å². The van der Waals surface area contributed by atoms with E-state index in [1.54, 1.807) is 0 Å². The summed E-state index contributed by atoms with van der Waals surface area (Å²) in [5.74, 6) is 0. The molecule has 0 bridgehead atoms. The van der Waals surface area contributed by atoms with Gasteiger partial charge in [0.2, 0.25) is 0 Å². The molecule has 0 saturated carbocycles. The summed E-state index contributed by atoms with van der Waals surface area (Å²) in [5, 5.41) is 7.88. The zero-order valence-corrected chi connectivity index (χ0v) is 7.89. The summed E-state index contributed by atoms with van der Waals surface area (Å²) in [6.45, 7) is 6.17. The van der Waals surface area contributed by atoms with Crippen LogP contribution < -0.4 is 0 Å². The van der Waals surface area contributed by atoms with E-state index in [1.165, 1.54) is 0 Å². The van der Waals surface area contributed by atoms with Gasteiger partial charge in [-0.1, -0.05) is 51.1 Å². The molecule has 0 aliphatic heterocycles. The van der Waals surface area contributed by atoms with Gasteiger partial charge in [-0.3, -0.25) is 0 Å². The van der Waals surface area contributed by atoms with Crippen molar-refractivity contribution in [3.8, 4) is 0 Å². The van der Waals surface area contributed by atoms with Crippen LogP contribution in [0.15, 0.2) is 30.3 Å². The second-order valence-electron chi connectivity index (χ2n) is 3.99. The average molecular weight is 161 g/mol. The zero-order valence-electron chi connectivity index (χ0n) is 7.89. The Labute approximate surface area is 73.9 Å². The Bertz CT molecular complexity index is 267. The first-order valence-corrected chi connectivity index (χ1v) is 4.16. The minimum atomic E-state index is -0.0542. The number of nitrogens with one attached hydrogen (secondary N) is 1. The minimum Gasteiger partial charge on any atom is -0.304 e. The van der Waals surface area contributed by atoms with Gasteiger partial charge in [-0.15, -0.1) is 0 Å². The third-order valence-electron chi connectivity index (χ3n) is 1.81. The average Bonchev–Trinajstić information content (AvgIpc) is 2.03. The summed E-state index contributed by atoms with van der Waals surface area (Å²) in [6.07, 6.45) is 0. The quantitative estimate of drug-likeness (QED) is 0.612. The Balaban J connectivity index is 2.94. The van der Waals surface area contributed by atoms with Crippen LogP contribution in [0.1, 0.15) is 26.3 Å². The maximum Gasteiger partial charge on any atom is 0.0439 e. The van der Waals surface area contributed by atoms with Crippen LogP contribution in [0.3, 0.4) is 0 Å². The second kappa shape index (κ2) is 3.10. The van der Waals surface area contributed by atoms with Crippen LogP contribution in [-0.2, 0) is 0 Å². The van der Waals surface area contributed by atoms with Gasteiger partial charge in [0, 0.05) is 11.1 Å². The molecule has 0 saturated heterocycles. The van der Waals surface area contributed by atoms with Gasteiger partial charge in [-0.05, 0) is 5.56 Å². The van der Waals surface area contributed by atoms with Gasteiger partial charge in [0.25, 0.3) is 0 Å². The molecule has 12 heavy (non-hydrogen) atoms. The Morgan fingerprint density at radius 3 is 2.00 bits per heavy atom. The highest BCUT2D eigenvalue weighted by Crippen LogP contribution is 2.19. The van der Waals surface area contributed by atoms with E-state index < -0.39 is 0 Å². The van der Waals surface area contributed by atoms with Crippen molar-refractivity contribution >= 4 is 5.71 Å². The summed E-state index contributed by atoms with van der Waals surface area (Å²) >= 11 is 0. The van der Waals surface area contributed by atoms with E-state index in [0.717, 1.165) is 5.56 Å². The molecular formula is C11H15N. The largest absolute Gasteiger partial charge is 0.304 e. The number of benzene rings is 1. The van der Waals surface area contributed by atoms with Crippen LogP contribution in [0.5, 0.6) is 0 Å². The molecule has 0 aromatic heterocycles. The molecule has 64 valence electrons. The normalized spacial score (nSPS) is 11.2. The van der Waals surface area contributed by atoms with E-state index in [2.05, 4.69) is 20.8 Å². The molecule has 0 aliphatic carbocycles. The molecule has 1 rings (SSSR count). The van der Waals surface area contributed by atoms with Gasteiger partial charge in [0.05, 0.1) is 0 Å². The van der Waals surface area contributed by atoms with Crippen LogP contribution in [0.4, 0.5) is 0 Å². The number of rotatable bonds is 1. The first kappa shape index (κ1) is 8.98. The molecule has 0 unspecified atom stereocenters. The smallest absolute Gasteiger partial charge is 0.0439 e. The Hall–Kier alpha value is -1.11. The predicted octanol–water partition coefficient (Wildman–Crippen LogP) is 3.10. The van der Waals surface area contributed by atoms with Crippen molar-refractivity contribution in [3.63, 3.8) is 0 Å². The molecular weight excluding hydrogens is 146 g/mol. The fraction of sp³-hybridized carbons (Fsp3) is 0.364. The molecule has 0 aliphatic rings. The standard InChI is InChI=1S/C11H15N/c1-11(2,3)10(12)9-7-5-4-6-8-9/h4-8,12H,1-3H3. The first-order valence-electron chi connectivity index (χ1n) is 4.16. The van der Waals surface area contributed by atoms with Crippen molar-refractivity contribution in [1.82, 2.24) is 0 Å². The van der Waals surface area contributed by atoms with Crippen molar-refractivity contribution in [2.75, 3.05) is 0 Å². The molecule has 0 amide bonds. The van der Waals surface area contributed by atoms with Gasteiger partial charge >= 0.3 is 0 Å². The maximum atomic E-state index is 7.88. The van der Waals surface area contributed by atoms with Crippen LogP contribution in [-0.4, -0.2) is 5.71 Å². The highest BCUT2D eigenvalue weighted by Gasteiger charge is 2.17. The van der Waals surface area contributed by atoms with Crippen LogP contribution in [0, 0.1) is 10.8 Å². The fourth-order valence-corrected chi connectivity index (χ4v) is 1.04. The molecule has 1 N–H and O–H groups in total. The summed E-state index contributed by atoms with van der Waals surface area (Å²) in [4.78, 5) is 0. The summed E-state index contributed by atoms with van der Waals surface area (Å²) in [7, 11) is 0. The van der Waals surface area contributed by atoms with Gasteiger partial charge in [-0.2, -0.15) is 0 Å². The van der Waals surface area contributed by atoms with Crippen molar-refractivity contribution in [3.05, 3.63) is 35.9 Å². The molecule has 0 fully saturated rings. The molecule has 1 aromatic rings. The van der Waals surface area contributed by atoms with E-state index in [4.69, 9.17) is 5.41 Å². The van der Waals surface area contributed by atoms with Crippen LogP contribution >= 0.6 is 0 Å². The maximum absolute atomic E-state index is 7.88. The van der Waals surface area contributed by atoms with Crippen molar-refractivity contribution < 1.29 is 0 Å². The van der Waals surface area contributed by atoms with Crippen LogP contribution in [0.2, 0.25) is 0 Å². The molecule has 1 heteroatoms. The monoisotopic (exact) mass is 161 g/mol. The lowest BCUT2D eigenvalue weighted by Crippen LogP contribution is -2.19. The van der Waals surface area contributed by atoms with Crippen LogP contribution in [0.25, 0.3) is 0 Å². The molecule has 0 radical (unpaired) electrons. The second-order valence-corrected chi connectivity index (χ2v) is 3.99. The SMILES string of the molecule is CC(C)(C)C(=N)c1ccccc1. The van der Waals surface area contributed by atoms with Gasteiger partial charge in [-0.25, -0.2) is 0 Å². The topological polar surface area (TPSA) is 23.9 Å². The van der Waals surface area contributed by atoms with Gasteiger partial charge in [0.1, 0.15) is 0 Å². The third kappa shape index (κ3) is 1.94. The molecule has 0 atom stereocenters. The fourth-order valence-electron chi connectivity index (χ4n) is 1.04. The minimum absolute atomic E-state index is 0.0542. The molecule has 0 heterocycles. The predicted molar refractivity (Wildman–Crippen MR) is 52.7 cm³/mol. The van der Waals surface area contributed by atoms with Crippen molar-refractivity contribution in [2.24, 2.45) is 5.41 Å². The first-order chi connectivity index (χ1) is 5.52. The Kier molecular flexibility index (Phi) is 2.32. The van der Waals surface area contributed by atoms with Crippen molar-refractivity contribution in [1.29, 1.82) is 5.41 Å². The summed E-state index contributed by atoms with van der Waals surface area (Å²) in [5.41, 5.74) is 1.66. The lowest BCUT2D eigenvalue weighted by molar-refractivity contribution is 0.588. The van der Waals surface area contributed by atoms with E-state index in [1.807, 2.05) is 30.3 Å². The zero-order chi connectivity index (χ0) is 9.19. The van der Waals surface area contributed by atoms with E-state index >= 15 is 0 Å². The number of hydrogen-bond acceptors (Lipinski definition) is 1. The number of hydrogen-bond donors (Lipinski definition) is 1. The Morgan fingerprint density at radius 1 is 1.08 bits per heavy atom. The van der Waals surface area contributed by atoms with Gasteiger partial charge in [0.15, 0.2) is 0 Å². The lowest BCUT2D eigenvalue weighted by Gasteiger charge is -2.19. The van der Waals surface area contributed by atoms with E-state index in [-0.39, 0.29) is 5.41 Å². The lowest BCUT2D eigenvalue weighted by atomic mass is 9.86. The molecule has 0 spiro atoms. The summed E-state index contributed by atoms with van der Waals surface area (Å²) in [6, 6.07) is 9.87. The Morgan fingerprint density at radius 2 is 1.58 bits per heavy atom. The van der Waals surface area contributed by atoms with Crippen molar-refractivity contribution in [2.45, 2.75) is 20.8 Å². The third-order valence-corrected chi connectivity index (χ3v) is 1.81. The highest BCUT2D eigenvalue weighted by atomic mass is 14.5. The highest BCUT2D eigenvalue weighted by molar-refractivity contribution is 6.01. The molecule has 1 aromatic carbocycles.